The van der Waals surface area contributed by atoms with E-state index >= 15 is 0 Å². The molecule has 1 saturated carbocycles. The molecular formula is C13H20N2O2S. The van der Waals surface area contributed by atoms with Gasteiger partial charge in [-0.25, -0.2) is 9.78 Å². The van der Waals surface area contributed by atoms with Gasteiger partial charge in [-0.05, 0) is 26.7 Å². The number of hydrogen-bond acceptors (Lipinski definition) is 5. The van der Waals surface area contributed by atoms with Crippen LogP contribution in [0.5, 0.6) is 0 Å². The first-order chi connectivity index (χ1) is 8.76. The number of carbonyl (C=O) groups excluding carboxylic acids is 1. The van der Waals surface area contributed by atoms with Gasteiger partial charge in [0.1, 0.15) is 0 Å². The van der Waals surface area contributed by atoms with Crippen LogP contribution in [-0.4, -0.2) is 30.1 Å². The Morgan fingerprint density at radius 2 is 2.22 bits per heavy atom. The third-order valence-electron chi connectivity index (χ3n) is 3.33. The Balaban J connectivity index is 2.09. The molecule has 0 amide bonds. The van der Waals surface area contributed by atoms with Crippen LogP contribution in [0.25, 0.3) is 0 Å². The predicted octanol–water partition coefficient (Wildman–Crippen LogP) is 3.09. The van der Waals surface area contributed by atoms with Gasteiger partial charge in [-0.3, -0.25) is 0 Å². The highest BCUT2D eigenvalue weighted by molar-refractivity contribution is 7.13. The minimum Gasteiger partial charge on any atom is -0.461 e. The summed E-state index contributed by atoms with van der Waals surface area (Å²) >= 11 is 1.54. The summed E-state index contributed by atoms with van der Waals surface area (Å²) in [5.41, 5.74) is 0.438. The summed E-state index contributed by atoms with van der Waals surface area (Å²) in [6, 6.07) is 0.594. The quantitative estimate of drug-likeness (QED) is 0.770. The number of ether oxygens (including phenoxy) is 1. The summed E-state index contributed by atoms with van der Waals surface area (Å²) in [5, 5.41) is 2.75. The van der Waals surface area contributed by atoms with Gasteiger partial charge in [0.2, 0.25) is 0 Å². The minimum atomic E-state index is -0.317. The van der Waals surface area contributed by atoms with Crippen molar-refractivity contribution in [3.63, 3.8) is 0 Å². The summed E-state index contributed by atoms with van der Waals surface area (Å²) in [5.74, 6) is -0.317. The van der Waals surface area contributed by atoms with Crippen molar-refractivity contribution in [1.82, 2.24) is 4.98 Å². The lowest BCUT2D eigenvalue weighted by Crippen LogP contribution is -2.32. The van der Waals surface area contributed by atoms with E-state index in [4.69, 9.17) is 4.74 Å². The van der Waals surface area contributed by atoms with Gasteiger partial charge in [-0.2, -0.15) is 0 Å². The fourth-order valence-corrected chi connectivity index (χ4v) is 3.39. The van der Waals surface area contributed by atoms with E-state index in [1.165, 1.54) is 37.0 Å². The maximum Gasteiger partial charge on any atom is 0.357 e. The Morgan fingerprint density at radius 1 is 1.50 bits per heavy atom. The van der Waals surface area contributed by atoms with E-state index in [0.717, 1.165) is 11.7 Å². The van der Waals surface area contributed by atoms with Crippen molar-refractivity contribution in [3.05, 3.63) is 11.1 Å². The molecule has 18 heavy (non-hydrogen) atoms. The SMILES string of the molecule is CCOC(=O)c1csc(N(CC)C2CCCC2)n1. The lowest BCUT2D eigenvalue weighted by molar-refractivity contribution is 0.0520. The standard InChI is InChI=1S/C13H20N2O2S/c1-3-15(10-7-5-6-8-10)13-14-11(9-18-13)12(16)17-4-2/h9-10H,3-8H2,1-2H3. The molecule has 0 aromatic carbocycles. The minimum absolute atomic E-state index is 0.317. The first-order valence-electron chi connectivity index (χ1n) is 6.65. The number of thiazole rings is 1. The van der Waals surface area contributed by atoms with E-state index < -0.39 is 0 Å². The maximum atomic E-state index is 11.6. The molecule has 1 aromatic rings. The van der Waals surface area contributed by atoms with Gasteiger partial charge in [0.25, 0.3) is 0 Å². The van der Waals surface area contributed by atoms with E-state index in [-0.39, 0.29) is 5.97 Å². The van der Waals surface area contributed by atoms with Gasteiger partial charge in [-0.15, -0.1) is 11.3 Å². The number of esters is 1. The van der Waals surface area contributed by atoms with Crippen LogP contribution in [-0.2, 0) is 4.74 Å². The van der Waals surface area contributed by atoms with Crippen LogP contribution in [0.2, 0.25) is 0 Å². The molecule has 0 atom stereocenters. The number of aromatic nitrogens is 1. The van der Waals surface area contributed by atoms with Gasteiger partial charge < -0.3 is 9.64 Å². The van der Waals surface area contributed by atoms with E-state index in [2.05, 4.69) is 16.8 Å². The third kappa shape index (κ3) is 2.83. The summed E-state index contributed by atoms with van der Waals surface area (Å²) in [7, 11) is 0. The average Bonchev–Trinajstić information content (AvgIpc) is 3.01. The van der Waals surface area contributed by atoms with Gasteiger partial charge >= 0.3 is 5.97 Å². The monoisotopic (exact) mass is 268 g/mol. The first kappa shape index (κ1) is 13.3. The largest absolute Gasteiger partial charge is 0.461 e. The normalized spacial score (nSPS) is 15.9. The molecule has 5 heteroatoms. The predicted molar refractivity (Wildman–Crippen MR) is 73.3 cm³/mol. The van der Waals surface area contributed by atoms with Crippen LogP contribution < -0.4 is 4.90 Å². The van der Waals surface area contributed by atoms with Crippen LogP contribution in [0.15, 0.2) is 5.38 Å². The van der Waals surface area contributed by atoms with Crippen LogP contribution >= 0.6 is 11.3 Å². The highest BCUT2D eigenvalue weighted by Gasteiger charge is 2.24. The lowest BCUT2D eigenvalue weighted by atomic mass is 10.2. The summed E-state index contributed by atoms with van der Waals surface area (Å²) in [6.07, 6.45) is 5.08. The van der Waals surface area contributed by atoms with E-state index in [0.29, 0.717) is 18.3 Å². The van der Waals surface area contributed by atoms with Crippen LogP contribution in [0.4, 0.5) is 5.13 Å². The highest BCUT2D eigenvalue weighted by Crippen LogP contribution is 2.30. The molecule has 0 radical (unpaired) electrons. The molecule has 2 rings (SSSR count). The molecule has 1 aromatic heterocycles. The fraction of sp³-hybridized carbons (Fsp3) is 0.692. The van der Waals surface area contributed by atoms with Crippen molar-refractivity contribution in [1.29, 1.82) is 0 Å². The number of anilines is 1. The second-order valence-electron chi connectivity index (χ2n) is 4.46. The van der Waals surface area contributed by atoms with E-state index in [1.807, 2.05) is 6.92 Å². The van der Waals surface area contributed by atoms with Gasteiger partial charge in [0.05, 0.1) is 6.61 Å². The molecule has 0 saturated heterocycles. The maximum absolute atomic E-state index is 11.6. The second-order valence-corrected chi connectivity index (χ2v) is 5.30. The average molecular weight is 268 g/mol. The second kappa shape index (κ2) is 6.18. The Kier molecular flexibility index (Phi) is 4.58. The van der Waals surface area contributed by atoms with Crippen molar-refractivity contribution >= 4 is 22.4 Å². The highest BCUT2D eigenvalue weighted by atomic mass is 32.1. The molecule has 1 heterocycles. The number of rotatable bonds is 5. The van der Waals surface area contributed by atoms with E-state index in [9.17, 15) is 4.79 Å². The molecule has 1 aliphatic carbocycles. The molecule has 100 valence electrons. The fourth-order valence-electron chi connectivity index (χ4n) is 2.46. The number of carbonyl (C=O) groups is 1. The Morgan fingerprint density at radius 3 is 2.83 bits per heavy atom. The van der Waals surface area contributed by atoms with Crippen molar-refractivity contribution in [2.75, 3.05) is 18.1 Å². The van der Waals surface area contributed by atoms with Crippen LogP contribution in [0.3, 0.4) is 0 Å². The lowest BCUT2D eigenvalue weighted by Gasteiger charge is -2.26. The number of nitrogens with zero attached hydrogens (tertiary/aromatic N) is 2. The molecule has 0 aliphatic heterocycles. The summed E-state index contributed by atoms with van der Waals surface area (Å²) < 4.78 is 4.97. The topological polar surface area (TPSA) is 42.4 Å². The van der Waals surface area contributed by atoms with Crippen LogP contribution in [0, 0.1) is 0 Å². The zero-order valence-corrected chi connectivity index (χ0v) is 11.8. The Labute approximate surface area is 112 Å². The molecular weight excluding hydrogens is 248 g/mol. The molecule has 4 nitrogen and oxygen atoms in total. The van der Waals surface area contributed by atoms with E-state index in [1.54, 1.807) is 5.38 Å². The molecule has 0 bridgehead atoms. The third-order valence-corrected chi connectivity index (χ3v) is 4.21. The molecule has 0 unspecified atom stereocenters. The van der Waals surface area contributed by atoms with Gasteiger partial charge in [0.15, 0.2) is 10.8 Å². The first-order valence-corrected chi connectivity index (χ1v) is 7.53. The van der Waals surface area contributed by atoms with Crippen LogP contribution in [0.1, 0.15) is 50.0 Å². The van der Waals surface area contributed by atoms with Gasteiger partial charge in [-0.1, -0.05) is 12.8 Å². The van der Waals surface area contributed by atoms with Gasteiger partial charge in [0, 0.05) is 18.0 Å². The van der Waals surface area contributed by atoms with Crippen molar-refractivity contribution in [2.24, 2.45) is 0 Å². The van der Waals surface area contributed by atoms with Crippen molar-refractivity contribution in [3.8, 4) is 0 Å². The number of hydrogen-bond donors (Lipinski definition) is 0. The summed E-state index contributed by atoms with van der Waals surface area (Å²) in [4.78, 5) is 18.3. The molecule has 1 aliphatic rings. The molecule has 0 spiro atoms. The Hall–Kier alpha value is -1.10. The zero-order chi connectivity index (χ0) is 13.0. The molecule has 1 fully saturated rings. The van der Waals surface area contributed by atoms with Crippen molar-refractivity contribution < 1.29 is 9.53 Å². The summed E-state index contributed by atoms with van der Waals surface area (Å²) in [6.45, 7) is 5.29. The Bertz CT molecular complexity index is 399. The van der Waals surface area contributed by atoms with Crippen molar-refractivity contribution in [2.45, 2.75) is 45.6 Å². The smallest absolute Gasteiger partial charge is 0.357 e. The zero-order valence-electron chi connectivity index (χ0n) is 11.0. The molecule has 0 N–H and O–H groups in total.